The van der Waals surface area contributed by atoms with Gasteiger partial charge in [0.2, 0.25) is 0 Å². The van der Waals surface area contributed by atoms with Crippen LogP contribution in [0, 0.1) is 0 Å². The lowest BCUT2D eigenvalue weighted by Gasteiger charge is -2.16. The summed E-state index contributed by atoms with van der Waals surface area (Å²) in [7, 11) is 1.56. The molecule has 136 valence electrons. The molecule has 0 amide bonds. The molecule has 1 unspecified atom stereocenters. The Bertz CT molecular complexity index is 787. The van der Waals surface area contributed by atoms with Crippen molar-refractivity contribution in [2.75, 3.05) is 13.7 Å². The zero-order chi connectivity index (χ0) is 18.5. The summed E-state index contributed by atoms with van der Waals surface area (Å²) in [5, 5.41) is 9.99. The topological polar surface area (TPSA) is 72.8 Å². The Morgan fingerprint density at radius 3 is 2.54 bits per heavy atom. The Labute approximate surface area is 156 Å². The molecular formula is C20H20O5S. The minimum absolute atomic E-state index is 0.000238. The van der Waals surface area contributed by atoms with Crippen LogP contribution in [-0.2, 0) is 16.0 Å². The molecule has 0 aliphatic carbocycles. The lowest BCUT2D eigenvalue weighted by molar-refractivity contribution is -0.121. The van der Waals surface area contributed by atoms with E-state index in [-0.39, 0.29) is 29.2 Å². The van der Waals surface area contributed by atoms with Crippen LogP contribution in [0.3, 0.4) is 0 Å². The standard InChI is InChI=1S/C20H20O5S/c1-24-18-5-3-2-4-15(18)17(22)12-25-14-8-6-13(7-9-14)10-19-16(21)11-20(23)26-19/h2-9,17,19,22H,10-12H2,1H3/t17-,19?/m0/s1. The van der Waals surface area contributed by atoms with Gasteiger partial charge in [-0.2, -0.15) is 0 Å². The number of para-hydroxylation sites is 1. The molecule has 0 aromatic heterocycles. The van der Waals surface area contributed by atoms with E-state index in [1.54, 1.807) is 31.4 Å². The van der Waals surface area contributed by atoms with Gasteiger partial charge in [0.1, 0.15) is 24.2 Å². The van der Waals surface area contributed by atoms with Gasteiger partial charge in [-0.05, 0) is 30.2 Å². The number of carbonyl (C=O) groups excluding carboxylic acids is 2. The van der Waals surface area contributed by atoms with Crippen LogP contribution in [0.5, 0.6) is 11.5 Å². The summed E-state index contributed by atoms with van der Waals surface area (Å²) in [6, 6.07) is 14.6. The summed E-state index contributed by atoms with van der Waals surface area (Å²) in [6.45, 7) is 0.102. The summed E-state index contributed by atoms with van der Waals surface area (Å²) in [5.41, 5.74) is 1.65. The van der Waals surface area contributed by atoms with Crippen molar-refractivity contribution in [3.8, 4) is 11.5 Å². The van der Waals surface area contributed by atoms with Gasteiger partial charge in [0.15, 0.2) is 10.9 Å². The van der Waals surface area contributed by atoms with E-state index in [1.165, 1.54) is 0 Å². The second-order valence-corrected chi connectivity index (χ2v) is 7.30. The number of thioether (sulfide) groups is 1. The van der Waals surface area contributed by atoms with E-state index in [4.69, 9.17) is 9.47 Å². The number of hydrogen-bond donors (Lipinski definition) is 1. The Morgan fingerprint density at radius 2 is 1.88 bits per heavy atom. The highest BCUT2D eigenvalue weighted by Crippen LogP contribution is 2.29. The van der Waals surface area contributed by atoms with E-state index in [2.05, 4.69) is 0 Å². The smallest absolute Gasteiger partial charge is 0.197 e. The zero-order valence-electron chi connectivity index (χ0n) is 14.4. The largest absolute Gasteiger partial charge is 0.496 e. The van der Waals surface area contributed by atoms with Crippen molar-refractivity contribution in [3.63, 3.8) is 0 Å². The number of hydrogen-bond acceptors (Lipinski definition) is 6. The number of methoxy groups -OCH3 is 1. The van der Waals surface area contributed by atoms with E-state index in [0.717, 1.165) is 17.3 Å². The van der Waals surface area contributed by atoms with E-state index in [9.17, 15) is 14.7 Å². The van der Waals surface area contributed by atoms with Gasteiger partial charge >= 0.3 is 0 Å². The van der Waals surface area contributed by atoms with Crippen LogP contribution >= 0.6 is 11.8 Å². The van der Waals surface area contributed by atoms with Crippen LogP contribution in [-0.4, -0.2) is 35.0 Å². The molecule has 1 aliphatic heterocycles. The van der Waals surface area contributed by atoms with Crippen LogP contribution < -0.4 is 9.47 Å². The first-order valence-corrected chi connectivity index (χ1v) is 9.19. The quantitative estimate of drug-likeness (QED) is 0.754. The third-order valence-electron chi connectivity index (χ3n) is 4.20. The van der Waals surface area contributed by atoms with E-state index in [0.29, 0.717) is 23.5 Å². The summed E-state index contributed by atoms with van der Waals surface area (Å²) >= 11 is 1.12. The van der Waals surface area contributed by atoms with E-state index < -0.39 is 6.10 Å². The summed E-state index contributed by atoms with van der Waals surface area (Å²) in [5.74, 6) is 1.25. The van der Waals surface area contributed by atoms with Gasteiger partial charge in [-0.15, -0.1) is 0 Å². The normalized spacial score (nSPS) is 18.0. The first-order chi connectivity index (χ1) is 12.6. The van der Waals surface area contributed by atoms with Crippen molar-refractivity contribution >= 4 is 22.7 Å². The highest BCUT2D eigenvalue weighted by atomic mass is 32.2. The van der Waals surface area contributed by atoms with Crippen molar-refractivity contribution in [2.24, 2.45) is 0 Å². The molecule has 0 bridgehead atoms. The first-order valence-electron chi connectivity index (χ1n) is 8.31. The number of Topliss-reactive ketones (excluding diaryl/α,β-unsaturated/α-hetero) is 1. The van der Waals surface area contributed by atoms with E-state index in [1.807, 2.05) is 24.3 Å². The highest BCUT2D eigenvalue weighted by Gasteiger charge is 2.31. The van der Waals surface area contributed by atoms with Crippen LogP contribution in [0.15, 0.2) is 48.5 Å². The predicted molar refractivity (Wildman–Crippen MR) is 99.6 cm³/mol. The van der Waals surface area contributed by atoms with Crippen molar-refractivity contribution in [1.29, 1.82) is 0 Å². The third-order valence-corrected chi connectivity index (χ3v) is 5.32. The van der Waals surface area contributed by atoms with Crippen LogP contribution in [0.25, 0.3) is 0 Å². The molecule has 1 saturated heterocycles. The van der Waals surface area contributed by atoms with Crippen molar-refractivity contribution in [1.82, 2.24) is 0 Å². The number of aliphatic hydroxyl groups is 1. The molecule has 0 saturated carbocycles. The number of ether oxygens (including phenoxy) is 2. The van der Waals surface area contributed by atoms with Crippen molar-refractivity contribution in [2.45, 2.75) is 24.2 Å². The summed E-state index contributed by atoms with van der Waals surface area (Å²) in [4.78, 5) is 23.0. The highest BCUT2D eigenvalue weighted by molar-refractivity contribution is 8.15. The molecule has 1 aliphatic rings. The van der Waals surface area contributed by atoms with Crippen LogP contribution in [0.4, 0.5) is 0 Å². The van der Waals surface area contributed by atoms with E-state index >= 15 is 0 Å². The SMILES string of the molecule is COc1ccccc1[C@@H](O)COc1ccc(CC2SC(=O)CC2=O)cc1. The molecule has 1 N–H and O–H groups in total. The Kier molecular flexibility index (Phi) is 5.96. The molecule has 2 aromatic carbocycles. The Balaban J connectivity index is 1.56. The van der Waals surface area contributed by atoms with Crippen LogP contribution in [0.1, 0.15) is 23.7 Å². The van der Waals surface area contributed by atoms with Gasteiger partial charge in [-0.25, -0.2) is 0 Å². The average Bonchev–Trinajstić information content (AvgIpc) is 2.97. The van der Waals surface area contributed by atoms with Crippen molar-refractivity contribution in [3.05, 3.63) is 59.7 Å². The molecule has 3 rings (SSSR count). The minimum Gasteiger partial charge on any atom is -0.496 e. The fraction of sp³-hybridized carbons (Fsp3) is 0.300. The Hall–Kier alpha value is -2.31. The molecule has 5 nitrogen and oxygen atoms in total. The maximum absolute atomic E-state index is 11.7. The molecule has 26 heavy (non-hydrogen) atoms. The minimum atomic E-state index is -0.802. The summed E-state index contributed by atoms with van der Waals surface area (Å²) in [6.07, 6.45) is -0.221. The monoisotopic (exact) mass is 372 g/mol. The Morgan fingerprint density at radius 1 is 1.15 bits per heavy atom. The molecule has 1 fully saturated rings. The fourth-order valence-electron chi connectivity index (χ4n) is 2.82. The lowest BCUT2D eigenvalue weighted by Crippen LogP contribution is -2.13. The van der Waals surface area contributed by atoms with Crippen LogP contribution in [0.2, 0.25) is 0 Å². The predicted octanol–water partition coefficient (Wildman–Crippen LogP) is 2.95. The zero-order valence-corrected chi connectivity index (χ0v) is 15.2. The molecule has 6 heteroatoms. The molecular weight excluding hydrogens is 352 g/mol. The van der Waals surface area contributed by atoms with Crippen molar-refractivity contribution < 1.29 is 24.2 Å². The molecule has 2 aromatic rings. The van der Waals surface area contributed by atoms with Gasteiger partial charge in [0, 0.05) is 5.56 Å². The number of carbonyl (C=O) groups is 2. The second-order valence-electron chi connectivity index (χ2n) is 6.04. The molecule has 0 spiro atoms. The van der Waals surface area contributed by atoms with Gasteiger partial charge < -0.3 is 14.6 Å². The lowest BCUT2D eigenvalue weighted by atomic mass is 10.1. The maximum atomic E-state index is 11.7. The maximum Gasteiger partial charge on any atom is 0.197 e. The van der Waals surface area contributed by atoms with Gasteiger partial charge in [-0.3, -0.25) is 9.59 Å². The number of rotatable bonds is 7. The fourth-order valence-corrected chi connectivity index (χ4v) is 3.85. The molecule has 0 radical (unpaired) electrons. The van der Waals surface area contributed by atoms with Gasteiger partial charge in [-0.1, -0.05) is 42.1 Å². The number of ketones is 1. The second kappa shape index (κ2) is 8.38. The summed E-state index contributed by atoms with van der Waals surface area (Å²) < 4.78 is 10.9. The van der Waals surface area contributed by atoms with Gasteiger partial charge in [0.05, 0.1) is 18.8 Å². The average molecular weight is 372 g/mol. The first kappa shape index (κ1) is 18.5. The number of aliphatic hydroxyl groups excluding tert-OH is 1. The third kappa shape index (κ3) is 4.45. The molecule has 1 heterocycles. The van der Waals surface area contributed by atoms with Gasteiger partial charge in [0.25, 0.3) is 0 Å². The number of benzene rings is 2. The molecule has 2 atom stereocenters.